The van der Waals surface area contributed by atoms with Gasteiger partial charge in [-0.1, -0.05) is 6.07 Å². The number of halogens is 1. The lowest BCUT2D eigenvalue weighted by Crippen LogP contribution is -2.33. The zero-order chi connectivity index (χ0) is 19.1. The van der Waals surface area contributed by atoms with Crippen LogP contribution in [0.5, 0.6) is 0 Å². The average Bonchev–Trinajstić information content (AvgIpc) is 3.17. The van der Waals surface area contributed by atoms with Gasteiger partial charge >= 0.3 is 12.1 Å². The molecule has 0 unspecified atom stereocenters. The third-order valence-corrected chi connectivity index (χ3v) is 6.09. The van der Waals surface area contributed by atoms with Crippen LogP contribution in [-0.4, -0.2) is 42.5 Å². The van der Waals surface area contributed by atoms with Crippen molar-refractivity contribution in [2.24, 2.45) is 0 Å². The van der Waals surface area contributed by atoms with Gasteiger partial charge in [0.15, 0.2) is 0 Å². The van der Waals surface area contributed by atoms with E-state index >= 15 is 0 Å². The number of aliphatic hydroxyl groups excluding tert-OH is 1. The Hall–Kier alpha value is -2.15. The van der Waals surface area contributed by atoms with Crippen molar-refractivity contribution in [1.29, 1.82) is 0 Å². The number of anilines is 1. The molecule has 1 amide bonds. The quantitative estimate of drug-likeness (QED) is 0.816. The first-order valence-electron chi connectivity index (χ1n) is 9.55. The number of ether oxygens (including phenoxy) is 2. The number of fused-ring (bicyclic) bond motifs is 3. The molecule has 2 heterocycles. The second-order valence-electron chi connectivity index (χ2n) is 7.69. The number of amides is 1. The van der Waals surface area contributed by atoms with E-state index in [1.165, 1.54) is 18.1 Å². The first kappa shape index (κ1) is 18.2. The van der Waals surface area contributed by atoms with Gasteiger partial charge in [0.05, 0.1) is 24.9 Å². The normalized spacial score (nSPS) is 29.3. The van der Waals surface area contributed by atoms with Gasteiger partial charge in [-0.05, 0) is 61.6 Å². The SMILES string of the molecule is COC(=O)CC[C@@H]1OC(=O)N2c3cc(F)c(C4CCC(O)CC4)cc3C[C@@H]12. The molecule has 3 aliphatic rings. The summed E-state index contributed by atoms with van der Waals surface area (Å²) in [5.41, 5.74) is 2.20. The molecule has 4 rings (SSSR count). The fourth-order valence-corrected chi connectivity index (χ4v) is 4.62. The van der Waals surface area contributed by atoms with Crippen LogP contribution in [0.2, 0.25) is 0 Å². The van der Waals surface area contributed by atoms with Crippen molar-refractivity contribution in [2.45, 2.75) is 69.1 Å². The van der Waals surface area contributed by atoms with E-state index in [-0.39, 0.29) is 36.3 Å². The smallest absolute Gasteiger partial charge is 0.415 e. The molecule has 0 spiro atoms. The van der Waals surface area contributed by atoms with Crippen molar-refractivity contribution in [3.05, 3.63) is 29.1 Å². The van der Waals surface area contributed by atoms with Crippen molar-refractivity contribution < 1.29 is 28.6 Å². The molecule has 2 fully saturated rings. The van der Waals surface area contributed by atoms with Gasteiger partial charge in [-0.15, -0.1) is 0 Å². The highest BCUT2D eigenvalue weighted by atomic mass is 19.1. The standard InChI is InChI=1S/C20H24FNO5/c1-26-19(24)7-6-18-17-9-12-8-14(11-2-4-13(23)5-3-11)15(21)10-16(12)22(17)20(25)27-18/h8,10-11,13,17-18,23H,2-7,9H2,1H3/t11?,13?,17-,18-/m0/s1. The van der Waals surface area contributed by atoms with E-state index in [2.05, 4.69) is 4.74 Å². The molecule has 1 aromatic rings. The number of rotatable bonds is 4. The number of carbonyl (C=O) groups is 2. The van der Waals surface area contributed by atoms with Gasteiger partial charge in [0.25, 0.3) is 0 Å². The Balaban J connectivity index is 1.54. The van der Waals surface area contributed by atoms with Crippen molar-refractivity contribution >= 4 is 17.7 Å². The van der Waals surface area contributed by atoms with Crippen LogP contribution in [-0.2, 0) is 20.7 Å². The lowest BCUT2D eigenvalue weighted by molar-refractivity contribution is -0.141. The molecular weight excluding hydrogens is 353 g/mol. The Kier molecular flexibility index (Phi) is 4.80. The lowest BCUT2D eigenvalue weighted by atomic mass is 9.82. The predicted octanol–water partition coefficient (Wildman–Crippen LogP) is 3.05. The summed E-state index contributed by atoms with van der Waals surface area (Å²) in [6, 6.07) is 3.12. The summed E-state index contributed by atoms with van der Waals surface area (Å²) in [6.45, 7) is 0. The highest BCUT2D eigenvalue weighted by molar-refractivity contribution is 5.93. The van der Waals surface area contributed by atoms with E-state index in [4.69, 9.17) is 4.74 Å². The van der Waals surface area contributed by atoms with Gasteiger partial charge in [-0.2, -0.15) is 0 Å². The van der Waals surface area contributed by atoms with E-state index in [9.17, 15) is 19.1 Å². The van der Waals surface area contributed by atoms with E-state index < -0.39 is 12.2 Å². The molecule has 0 aromatic heterocycles. The second-order valence-corrected chi connectivity index (χ2v) is 7.69. The topological polar surface area (TPSA) is 76.1 Å². The molecule has 2 atom stereocenters. The third kappa shape index (κ3) is 3.29. The molecule has 1 aromatic carbocycles. The summed E-state index contributed by atoms with van der Waals surface area (Å²) >= 11 is 0. The largest absolute Gasteiger partial charge is 0.469 e. The molecule has 0 radical (unpaired) electrons. The van der Waals surface area contributed by atoms with Crippen LogP contribution in [0, 0.1) is 5.82 Å². The van der Waals surface area contributed by atoms with Gasteiger partial charge in [-0.25, -0.2) is 9.18 Å². The Morgan fingerprint density at radius 2 is 2.07 bits per heavy atom. The zero-order valence-corrected chi connectivity index (χ0v) is 15.3. The van der Waals surface area contributed by atoms with Gasteiger partial charge in [0, 0.05) is 6.42 Å². The summed E-state index contributed by atoms with van der Waals surface area (Å²) in [5.74, 6) is -0.536. The van der Waals surface area contributed by atoms with Crippen molar-refractivity contribution in [3.8, 4) is 0 Å². The Bertz CT molecular complexity index is 759. The number of hydrogen-bond donors (Lipinski definition) is 1. The molecule has 146 valence electrons. The zero-order valence-electron chi connectivity index (χ0n) is 15.3. The maximum absolute atomic E-state index is 14.8. The molecule has 7 heteroatoms. The molecular formula is C20H24FNO5. The summed E-state index contributed by atoms with van der Waals surface area (Å²) < 4.78 is 24.9. The fraction of sp³-hybridized carbons (Fsp3) is 0.600. The number of cyclic esters (lactones) is 1. The number of aliphatic hydroxyl groups is 1. The Morgan fingerprint density at radius 3 is 2.78 bits per heavy atom. The summed E-state index contributed by atoms with van der Waals surface area (Å²) in [6.07, 6.45) is 2.92. The third-order valence-electron chi connectivity index (χ3n) is 6.09. The summed E-state index contributed by atoms with van der Waals surface area (Å²) in [5, 5.41) is 9.69. The lowest BCUT2D eigenvalue weighted by Gasteiger charge is -2.26. The first-order valence-corrected chi connectivity index (χ1v) is 9.55. The van der Waals surface area contributed by atoms with Gasteiger partial charge in [0.2, 0.25) is 0 Å². The molecule has 1 saturated carbocycles. The van der Waals surface area contributed by atoms with Crippen LogP contribution in [0.4, 0.5) is 14.9 Å². The minimum Gasteiger partial charge on any atom is -0.469 e. The maximum atomic E-state index is 14.8. The van der Waals surface area contributed by atoms with Crippen molar-refractivity contribution in [2.75, 3.05) is 12.0 Å². The molecule has 27 heavy (non-hydrogen) atoms. The molecule has 1 saturated heterocycles. The monoisotopic (exact) mass is 377 g/mol. The molecule has 2 aliphatic heterocycles. The van der Waals surface area contributed by atoms with Crippen LogP contribution < -0.4 is 4.90 Å². The van der Waals surface area contributed by atoms with Gasteiger partial charge in [0.1, 0.15) is 11.9 Å². The molecule has 1 N–H and O–H groups in total. The van der Waals surface area contributed by atoms with Crippen LogP contribution >= 0.6 is 0 Å². The number of esters is 1. The minimum absolute atomic E-state index is 0.108. The van der Waals surface area contributed by atoms with Gasteiger partial charge in [-0.3, -0.25) is 9.69 Å². The number of hydrogen-bond acceptors (Lipinski definition) is 5. The fourth-order valence-electron chi connectivity index (χ4n) is 4.62. The van der Waals surface area contributed by atoms with Crippen LogP contribution in [0.15, 0.2) is 12.1 Å². The average molecular weight is 377 g/mol. The van der Waals surface area contributed by atoms with E-state index in [1.807, 2.05) is 6.07 Å². The van der Waals surface area contributed by atoms with Crippen LogP contribution in [0.1, 0.15) is 55.6 Å². The highest BCUT2D eigenvalue weighted by Crippen LogP contribution is 2.43. The Labute approximate surface area is 157 Å². The number of methoxy groups -OCH3 is 1. The van der Waals surface area contributed by atoms with Gasteiger partial charge < -0.3 is 14.6 Å². The number of nitrogens with zero attached hydrogens (tertiary/aromatic N) is 1. The number of carbonyl (C=O) groups excluding carboxylic acids is 2. The molecule has 6 nitrogen and oxygen atoms in total. The van der Waals surface area contributed by atoms with E-state index in [0.717, 1.165) is 18.4 Å². The van der Waals surface area contributed by atoms with E-state index in [0.29, 0.717) is 36.9 Å². The highest BCUT2D eigenvalue weighted by Gasteiger charge is 2.47. The molecule has 0 bridgehead atoms. The Morgan fingerprint density at radius 1 is 1.33 bits per heavy atom. The minimum atomic E-state index is -0.485. The van der Waals surface area contributed by atoms with E-state index in [1.54, 1.807) is 0 Å². The second kappa shape index (κ2) is 7.11. The van der Waals surface area contributed by atoms with Crippen molar-refractivity contribution in [3.63, 3.8) is 0 Å². The first-order chi connectivity index (χ1) is 13.0. The van der Waals surface area contributed by atoms with Crippen LogP contribution in [0.3, 0.4) is 0 Å². The predicted molar refractivity (Wildman–Crippen MR) is 95.1 cm³/mol. The van der Waals surface area contributed by atoms with Crippen molar-refractivity contribution in [1.82, 2.24) is 0 Å². The molecule has 1 aliphatic carbocycles. The van der Waals surface area contributed by atoms with Crippen LogP contribution in [0.25, 0.3) is 0 Å². The maximum Gasteiger partial charge on any atom is 0.415 e. The summed E-state index contributed by atoms with van der Waals surface area (Å²) in [7, 11) is 1.33. The number of benzene rings is 1. The summed E-state index contributed by atoms with van der Waals surface area (Å²) in [4.78, 5) is 25.2.